The number of hydrogen-bond donors (Lipinski definition) is 0. The number of thioether (sulfide) groups is 1. The molecule has 2 aromatic carbocycles. The lowest BCUT2D eigenvalue weighted by Gasteiger charge is -2.04. The van der Waals surface area contributed by atoms with Crippen LogP contribution in [0, 0.1) is 0 Å². The van der Waals surface area contributed by atoms with Crippen molar-refractivity contribution in [2.45, 2.75) is 10.9 Å². The molecule has 0 unspecified atom stereocenters. The Hall–Kier alpha value is -1.49. The molecule has 0 spiro atoms. The predicted octanol–water partition coefficient (Wildman–Crippen LogP) is 5.08. The molecule has 0 atom stereocenters. The number of benzene rings is 2. The van der Waals surface area contributed by atoms with Crippen LogP contribution in [0.1, 0.15) is 5.56 Å². The fourth-order valence-corrected chi connectivity index (χ4v) is 3.14. The van der Waals surface area contributed by atoms with Gasteiger partial charge in [0, 0.05) is 28.4 Å². The van der Waals surface area contributed by atoms with Gasteiger partial charge in [0.2, 0.25) is 0 Å². The van der Waals surface area contributed by atoms with E-state index >= 15 is 0 Å². The van der Waals surface area contributed by atoms with Crippen LogP contribution in [0.25, 0.3) is 11.4 Å². The second kappa shape index (κ2) is 6.73. The fourth-order valence-electron chi connectivity index (χ4n) is 2.02. The van der Waals surface area contributed by atoms with E-state index in [0.717, 1.165) is 27.3 Å². The van der Waals surface area contributed by atoms with Crippen LogP contribution < -0.4 is 0 Å². The number of nitrogens with zero attached hydrogens (tertiary/aromatic N) is 3. The Bertz CT molecular complexity index is 767. The van der Waals surface area contributed by atoms with E-state index in [1.54, 1.807) is 11.8 Å². The van der Waals surface area contributed by atoms with Crippen LogP contribution in [0.4, 0.5) is 0 Å². The van der Waals surface area contributed by atoms with Gasteiger partial charge in [0.05, 0.1) is 0 Å². The summed E-state index contributed by atoms with van der Waals surface area (Å²) in [5, 5.41) is 10.9. The first kappa shape index (κ1) is 15.4. The van der Waals surface area contributed by atoms with Gasteiger partial charge in [-0.2, -0.15) is 0 Å². The lowest BCUT2D eigenvalue weighted by atomic mass is 10.2. The highest BCUT2D eigenvalue weighted by atomic mass is 35.5. The summed E-state index contributed by atoms with van der Waals surface area (Å²) in [6.07, 6.45) is 0. The van der Waals surface area contributed by atoms with Crippen molar-refractivity contribution in [2.75, 3.05) is 0 Å². The number of aromatic nitrogens is 3. The highest BCUT2D eigenvalue weighted by molar-refractivity contribution is 7.98. The molecule has 0 radical (unpaired) electrons. The second-order valence-corrected chi connectivity index (χ2v) is 6.60. The first-order chi connectivity index (χ1) is 10.6. The standard InChI is InChI=1S/C16H13Cl2N3S/c1-21-15(12-4-8-14(18)9-5-12)19-20-16(21)22-10-11-2-6-13(17)7-3-11/h2-9H,10H2,1H3. The zero-order chi connectivity index (χ0) is 15.5. The van der Waals surface area contributed by atoms with Gasteiger partial charge >= 0.3 is 0 Å². The van der Waals surface area contributed by atoms with E-state index in [0.29, 0.717) is 5.02 Å². The van der Waals surface area contributed by atoms with E-state index in [9.17, 15) is 0 Å². The van der Waals surface area contributed by atoms with E-state index in [4.69, 9.17) is 23.2 Å². The van der Waals surface area contributed by atoms with Gasteiger partial charge in [0.15, 0.2) is 11.0 Å². The van der Waals surface area contributed by atoms with Crippen molar-refractivity contribution in [3.8, 4) is 11.4 Å². The lowest BCUT2D eigenvalue weighted by molar-refractivity contribution is 0.794. The van der Waals surface area contributed by atoms with Gasteiger partial charge in [0.1, 0.15) is 0 Å². The number of rotatable bonds is 4. The van der Waals surface area contributed by atoms with Gasteiger partial charge in [-0.05, 0) is 42.0 Å². The van der Waals surface area contributed by atoms with Gasteiger partial charge < -0.3 is 4.57 Å². The molecule has 0 bridgehead atoms. The Labute approximate surface area is 143 Å². The van der Waals surface area contributed by atoms with Crippen molar-refractivity contribution in [1.82, 2.24) is 14.8 Å². The van der Waals surface area contributed by atoms with E-state index < -0.39 is 0 Å². The summed E-state index contributed by atoms with van der Waals surface area (Å²) in [5.41, 5.74) is 2.20. The molecule has 0 N–H and O–H groups in total. The summed E-state index contributed by atoms with van der Waals surface area (Å²) in [6, 6.07) is 15.4. The van der Waals surface area contributed by atoms with Crippen LogP contribution in [-0.4, -0.2) is 14.8 Å². The molecule has 1 heterocycles. The minimum absolute atomic E-state index is 0.711. The maximum absolute atomic E-state index is 5.92. The van der Waals surface area contributed by atoms with Crippen molar-refractivity contribution in [3.05, 3.63) is 64.1 Å². The highest BCUT2D eigenvalue weighted by Gasteiger charge is 2.11. The Balaban J connectivity index is 1.75. The topological polar surface area (TPSA) is 30.7 Å². The molecule has 3 rings (SSSR count). The van der Waals surface area contributed by atoms with Crippen molar-refractivity contribution in [3.63, 3.8) is 0 Å². The zero-order valence-corrected chi connectivity index (χ0v) is 14.2. The lowest BCUT2D eigenvalue weighted by Crippen LogP contribution is -1.95. The van der Waals surface area contributed by atoms with Gasteiger partial charge in [-0.1, -0.05) is 47.1 Å². The third-order valence-electron chi connectivity index (χ3n) is 3.22. The van der Waals surface area contributed by atoms with E-state index in [2.05, 4.69) is 10.2 Å². The molecule has 0 saturated heterocycles. The Kier molecular flexibility index (Phi) is 4.71. The van der Waals surface area contributed by atoms with E-state index in [1.807, 2.05) is 60.1 Å². The zero-order valence-electron chi connectivity index (χ0n) is 11.8. The van der Waals surface area contributed by atoms with Gasteiger partial charge in [-0.3, -0.25) is 0 Å². The molecular formula is C16H13Cl2N3S. The molecule has 0 saturated carbocycles. The summed E-state index contributed by atoms with van der Waals surface area (Å²) in [7, 11) is 1.97. The summed E-state index contributed by atoms with van der Waals surface area (Å²) in [6.45, 7) is 0. The first-order valence-corrected chi connectivity index (χ1v) is 8.40. The van der Waals surface area contributed by atoms with Crippen LogP contribution in [-0.2, 0) is 12.8 Å². The smallest absolute Gasteiger partial charge is 0.191 e. The van der Waals surface area contributed by atoms with Crippen molar-refractivity contribution >= 4 is 35.0 Å². The third-order valence-corrected chi connectivity index (χ3v) is 4.81. The molecule has 112 valence electrons. The van der Waals surface area contributed by atoms with Crippen LogP contribution in [0.15, 0.2) is 53.7 Å². The Morgan fingerprint density at radius 2 is 1.50 bits per heavy atom. The SMILES string of the molecule is Cn1c(SCc2ccc(Cl)cc2)nnc1-c1ccc(Cl)cc1. The maximum atomic E-state index is 5.92. The average Bonchev–Trinajstić information content (AvgIpc) is 2.89. The third kappa shape index (κ3) is 3.46. The molecule has 0 amide bonds. The normalized spacial score (nSPS) is 10.9. The predicted molar refractivity (Wildman–Crippen MR) is 92.5 cm³/mol. The largest absolute Gasteiger partial charge is 0.305 e. The first-order valence-electron chi connectivity index (χ1n) is 6.66. The van der Waals surface area contributed by atoms with Crippen LogP contribution in [0.3, 0.4) is 0 Å². The average molecular weight is 350 g/mol. The minimum Gasteiger partial charge on any atom is -0.305 e. The van der Waals surface area contributed by atoms with Crippen LogP contribution in [0.2, 0.25) is 10.0 Å². The van der Waals surface area contributed by atoms with Gasteiger partial charge in [-0.25, -0.2) is 0 Å². The summed E-state index contributed by atoms with van der Waals surface area (Å²) in [5.74, 6) is 1.65. The Morgan fingerprint density at radius 1 is 0.909 bits per heavy atom. The highest BCUT2D eigenvalue weighted by Crippen LogP contribution is 2.26. The van der Waals surface area contributed by atoms with Gasteiger partial charge in [0.25, 0.3) is 0 Å². The minimum atomic E-state index is 0.711. The molecule has 22 heavy (non-hydrogen) atoms. The quantitative estimate of drug-likeness (QED) is 0.615. The van der Waals surface area contributed by atoms with Crippen LogP contribution in [0.5, 0.6) is 0 Å². The van der Waals surface area contributed by atoms with Crippen molar-refractivity contribution in [2.24, 2.45) is 7.05 Å². The molecule has 0 aliphatic rings. The van der Waals surface area contributed by atoms with E-state index in [1.165, 1.54) is 5.56 Å². The summed E-state index contributed by atoms with van der Waals surface area (Å²) in [4.78, 5) is 0. The number of hydrogen-bond acceptors (Lipinski definition) is 3. The Morgan fingerprint density at radius 3 is 2.14 bits per heavy atom. The molecule has 0 aliphatic heterocycles. The molecule has 0 aliphatic carbocycles. The van der Waals surface area contributed by atoms with E-state index in [-0.39, 0.29) is 0 Å². The fraction of sp³-hybridized carbons (Fsp3) is 0.125. The summed E-state index contributed by atoms with van der Waals surface area (Å²) < 4.78 is 1.99. The van der Waals surface area contributed by atoms with Crippen molar-refractivity contribution < 1.29 is 0 Å². The molecule has 6 heteroatoms. The van der Waals surface area contributed by atoms with Crippen molar-refractivity contribution in [1.29, 1.82) is 0 Å². The molecule has 3 aromatic rings. The summed E-state index contributed by atoms with van der Waals surface area (Å²) >= 11 is 13.5. The number of halogens is 2. The molecule has 3 nitrogen and oxygen atoms in total. The molecular weight excluding hydrogens is 337 g/mol. The molecule has 1 aromatic heterocycles. The van der Waals surface area contributed by atoms with Crippen LogP contribution >= 0.6 is 35.0 Å². The monoisotopic (exact) mass is 349 g/mol. The second-order valence-electron chi connectivity index (χ2n) is 4.79. The van der Waals surface area contributed by atoms with Gasteiger partial charge in [-0.15, -0.1) is 10.2 Å². The molecule has 0 fully saturated rings. The maximum Gasteiger partial charge on any atom is 0.191 e.